The van der Waals surface area contributed by atoms with Crippen molar-refractivity contribution in [2.45, 2.75) is 400 Å². The van der Waals surface area contributed by atoms with E-state index in [1.54, 1.807) is 0 Å². The molecule has 0 saturated carbocycles. The average molecular weight is 1350 g/mol. The van der Waals surface area contributed by atoms with Gasteiger partial charge in [0.1, 0.15) is 19.3 Å². The minimum Gasteiger partial charge on any atom is -0.462 e. The normalized spacial score (nSPS) is 14.3. The minimum absolute atomic E-state index is 0.106. The van der Waals surface area contributed by atoms with E-state index in [1.807, 2.05) is 0 Å². The summed E-state index contributed by atoms with van der Waals surface area (Å²) < 4.78 is 68.2. The smallest absolute Gasteiger partial charge is 0.462 e. The van der Waals surface area contributed by atoms with E-state index in [4.69, 9.17) is 37.0 Å². The second kappa shape index (κ2) is 66.3. The number of unbranched alkanes of at least 4 members (excludes halogenated alkanes) is 44. The largest absolute Gasteiger partial charge is 0.472 e. The number of rotatable bonds is 73. The number of phosphoric ester groups is 2. The Morgan fingerprint density at radius 3 is 0.772 bits per heavy atom. The Morgan fingerprint density at radius 2 is 0.522 bits per heavy atom. The van der Waals surface area contributed by atoms with Crippen LogP contribution in [0.2, 0.25) is 0 Å². The second-order valence-corrected chi connectivity index (χ2v) is 29.5. The van der Waals surface area contributed by atoms with E-state index in [0.29, 0.717) is 25.7 Å². The summed E-state index contributed by atoms with van der Waals surface area (Å²) >= 11 is 0. The topological polar surface area (TPSA) is 237 Å². The molecule has 6 atom stereocenters. The summed E-state index contributed by atoms with van der Waals surface area (Å²) in [6.07, 6.45) is 54.3. The van der Waals surface area contributed by atoms with Gasteiger partial charge in [0.25, 0.3) is 0 Å². The fraction of sp³-hybridized carbons (Fsp3) is 0.945. The van der Waals surface area contributed by atoms with Crippen LogP contribution in [0.15, 0.2) is 0 Å². The molecule has 0 saturated heterocycles. The van der Waals surface area contributed by atoms with Gasteiger partial charge in [0.05, 0.1) is 26.4 Å². The molecule has 17 nitrogen and oxygen atoms in total. The quantitative estimate of drug-likeness (QED) is 0.0222. The van der Waals surface area contributed by atoms with E-state index < -0.39 is 97.5 Å². The van der Waals surface area contributed by atoms with Gasteiger partial charge >= 0.3 is 39.5 Å². The zero-order valence-electron chi connectivity index (χ0n) is 59.7. The molecule has 0 aromatic heterocycles. The van der Waals surface area contributed by atoms with Gasteiger partial charge in [-0.15, -0.1) is 0 Å². The number of aliphatic hydroxyl groups is 1. The molecule has 0 aliphatic carbocycles. The fourth-order valence-corrected chi connectivity index (χ4v) is 12.7. The van der Waals surface area contributed by atoms with Gasteiger partial charge in [-0.25, -0.2) is 9.13 Å². The summed E-state index contributed by atoms with van der Waals surface area (Å²) in [4.78, 5) is 72.4. The molecule has 92 heavy (non-hydrogen) atoms. The highest BCUT2D eigenvalue weighted by Crippen LogP contribution is 2.45. The van der Waals surface area contributed by atoms with Gasteiger partial charge in [-0.3, -0.25) is 37.3 Å². The molecule has 0 amide bonds. The molecular weight excluding hydrogens is 1210 g/mol. The van der Waals surface area contributed by atoms with Crippen LogP contribution in [0.5, 0.6) is 0 Å². The van der Waals surface area contributed by atoms with Crippen LogP contribution in [0.1, 0.15) is 381 Å². The highest BCUT2D eigenvalue weighted by Gasteiger charge is 2.30. The summed E-state index contributed by atoms with van der Waals surface area (Å²) in [6.45, 7) is 7.28. The van der Waals surface area contributed by atoms with Crippen molar-refractivity contribution in [1.82, 2.24) is 0 Å². The van der Waals surface area contributed by atoms with Gasteiger partial charge in [-0.2, -0.15) is 0 Å². The van der Waals surface area contributed by atoms with Crippen LogP contribution in [0.25, 0.3) is 0 Å². The highest BCUT2D eigenvalue weighted by molar-refractivity contribution is 7.47. The van der Waals surface area contributed by atoms with Crippen LogP contribution in [0.3, 0.4) is 0 Å². The lowest BCUT2D eigenvalue weighted by Gasteiger charge is -2.21. The number of ether oxygens (including phenoxy) is 4. The maximum absolute atomic E-state index is 13.1. The Morgan fingerprint density at radius 1 is 0.304 bits per heavy atom. The first-order valence-electron chi connectivity index (χ1n) is 38.2. The number of aliphatic hydroxyl groups excluding tert-OH is 1. The molecule has 0 rings (SSSR count). The molecule has 0 fully saturated rings. The van der Waals surface area contributed by atoms with Crippen molar-refractivity contribution in [2.75, 3.05) is 39.6 Å². The molecule has 0 aromatic carbocycles. The number of carbonyl (C=O) groups is 4. The molecule has 3 N–H and O–H groups in total. The second-order valence-electron chi connectivity index (χ2n) is 26.6. The van der Waals surface area contributed by atoms with Gasteiger partial charge in [0.2, 0.25) is 0 Å². The summed E-state index contributed by atoms with van der Waals surface area (Å²) in [7, 11) is -9.89. The maximum Gasteiger partial charge on any atom is 0.472 e. The Hall–Kier alpha value is -1.94. The monoisotopic (exact) mass is 1350 g/mol. The molecule has 0 spiro atoms. The van der Waals surface area contributed by atoms with Gasteiger partial charge in [0.15, 0.2) is 12.2 Å². The number of phosphoric acid groups is 2. The van der Waals surface area contributed by atoms with Crippen LogP contribution < -0.4 is 0 Å². The van der Waals surface area contributed by atoms with Crippen molar-refractivity contribution in [3.05, 3.63) is 0 Å². The predicted molar refractivity (Wildman–Crippen MR) is 372 cm³/mol. The summed E-state index contributed by atoms with van der Waals surface area (Å²) in [5.74, 6) is -1.25. The van der Waals surface area contributed by atoms with Gasteiger partial charge < -0.3 is 33.8 Å². The van der Waals surface area contributed by atoms with E-state index in [-0.39, 0.29) is 25.7 Å². The lowest BCUT2D eigenvalue weighted by Crippen LogP contribution is -2.30. The Balaban J connectivity index is 5.12. The summed E-state index contributed by atoms with van der Waals surface area (Å²) in [5.41, 5.74) is 0. The zero-order valence-corrected chi connectivity index (χ0v) is 61.5. The zero-order chi connectivity index (χ0) is 67.7. The van der Waals surface area contributed by atoms with Crippen molar-refractivity contribution >= 4 is 39.5 Å². The van der Waals surface area contributed by atoms with Crippen molar-refractivity contribution in [3.63, 3.8) is 0 Å². The summed E-state index contributed by atoms with van der Waals surface area (Å²) in [5, 5.41) is 10.6. The molecule has 0 heterocycles. The van der Waals surface area contributed by atoms with Crippen molar-refractivity contribution in [3.8, 4) is 0 Å². The minimum atomic E-state index is -4.95. The lowest BCUT2D eigenvalue weighted by atomic mass is 9.99. The van der Waals surface area contributed by atoms with Crippen LogP contribution in [0, 0.1) is 5.92 Å². The van der Waals surface area contributed by atoms with E-state index in [2.05, 4.69) is 34.6 Å². The predicted octanol–water partition coefficient (Wildman–Crippen LogP) is 21.3. The number of hydrogen-bond acceptors (Lipinski definition) is 15. The molecule has 3 unspecified atom stereocenters. The third kappa shape index (κ3) is 65.4. The first kappa shape index (κ1) is 90.1. The van der Waals surface area contributed by atoms with Crippen LogP contribution in [-0.4, -0.2) is 96.7 Å². The maximum atomic E-state index is 13.1. The molecule has 0 aromatic rings. The third-order valence-corrected chi connectivity index (χ3v) is 19.3. The fourth-order valence-electron chi connectivity index (χ4n) is 11.1. The molecule has 546 valence electrons. The molecule has 0 radical (unpaired) electrons. The van der Waals surface area contributed by atoms with Crippen LogP contribution >= 0.6 is 15.6 Å². The Kier molecular flexibility index (Phi) is 64.9. The van der Waals surface area contributed by atoms with Crippen molar-refractivity contribution in [1.29, 1.82) is 0 Å². The molecule has 0 aliphatic heterocycles. The first-order chi connectivity index (χ1) is 44.6. The first-order valence-corrected chi connectivity index (χ1v) is 41.2. The summed E-state index contributed by atoms with van der Waals surface area (Å²) in [6, 6.07) is 0. The lowest BCUT2D eigenvalue weighted by molar-refractivity contribution is -0.161. The van der Waals surface area contributed by atoms with Crippen LogP contribution in [-0.2, 0) is 65.4 Å². The highest BCUT2D eigenvalue weighted by atomic mass is 31.2. The Bertz CT molecular complexity index is 1770. The van der Waals surface area contributed by atoms with E-state index in [9.17, 15) is 43.2 Å². The molecular formula is C73H142O17P2. The average Bonchev–Trinajstić information content (AvgIpc) is 2.55. The van der Waals surface area contributed by atoms with Crippen molar-refractivity contribution in [2.24, 2.45) is 5.92 Å². The third-order valence-electron chi connectivity index (χ3n) is 17.4. The molecule has 0 bridgehead atoms. The molecule has 19 heteroatoms. The van der Waals surface area contributed by atoms with Gasteiger partial charge in [-0.05, 0) is 31.6 Å². The van der Waals surface area contributed by atoms with E-state index >= 15 is 0 Å². The number of esters is 4. The Labute approximate surface area is 562 Å². The number of carbonyl (C=O) groups excluding carboxylic acids is 4. The van der Waals surface area contributed by atoms with Gasteiger partial charge in [0, 0.05) is 25.7 Å². The number of hydrogen-bond donors (Lipinski definition) is 3. The SMILES string of the molecule is CCCCCCCCCCCCCCCCC(=O)OC[C@H](COP(=O)(O)OC[C@@H](O)COP(=O)(O)OC[C@@H](COC(=O)CCCCCCCCC)OC(=O)CCCCCCCCCCC)OC(=O)CCCCCCCCCCCCCCCCCCCCC(C)CC. The van der Waals surface area contributed by atoms with Crippen molar-refractivity contribution < 1.29 is 80.2 Å². The van der Waals surface area contributed by atoms with E-state index in [1.165, 1.54) is 193 Å². The van der Waals surface area contributed by atoms with Crippen LogP contribution in [0.4, 0.5) is 0 Å². The van der Waals surface area contributed by atoms with E-state index in [0.717, 1.165) is 109 Å². The van der Waals surface area contributed by atoms with Gasteiger partial charge in [-0.1, -0.05) is 330 Å². The molecule has 0 aliphatic rings. The standard InChI is InChI=1S/C73H142O17P2/c1-6-10-13-16-19-21-22-23-31-34-38-42-47-52-57-71(76)84-63-69(90-73(78)59-54-49-44-39-35-32-29-27-25-24-26-28-30-33-37-41-45-50-55-66(5)9-4)65-88-92(81,82)86-61-67(74)60-85-91(79,80)87-64-68(62-83-70(75)56-51-46-40-18-15-12-8-3)89-72(77)58-53-48-43-36-20-17-14-11-7-2/h66-69,74H,6-65H2,1-5H3,(H,79,80)(H,81,82)/t66?,67-,68+,69+/m0/s1.